The number of allylic oxidation sites excluding steroid dienone is 3. The molecular weight excluding hydrogens is 526 g/mol. The van der Waals surface area contributed by atoms with Crippen LogP contribution in [0.15, 0.2) is 63.4 Å². The van der Waals surface area contributed by atoms with Gasteiger partial charge in [-0.25, -0.2) is 4.79 Å². The number of aromatic hydroxyl groups is 1. The standard InChI is InChI=1S/C28H30BrNO6/c1-5-10-36-28(33)24-15(2)30-20-12-16(18-8-6-7-9-22(18)34-3)13-21(31)26(20)25(24)17-11-19(29)27(32)23(14-17)35-4/h6-9,11,14,16,25,30,32H,5,10,12-13H2,1-4H3/t16-,25-/m0/s1. The third kappa shape index (κ3) is 4.74. The molecule has 4 rings (SSSR count). The lowest BCUT2D eigenvalue weighted by Gasteiger charge is -2.37. The second-order valence-electron chi connectivity index (χ2n) is 8.95. The number of hydrogen-bond donors (Lipinski definition) is 2. The van der Waals surface area contributed by atoms with Crippen LogP contribution in [0.2, 0.25) is 0 Å². The van der Waals surface area contributed by atoms with E-state index in [2.05, 4.69) is 21.2 Å². The average Bonchev–Trinajstić information content (AvgIpc) is 2.87. The van der Waals surface area contributed by atoms with Gasteiger partial charge in [-0.3, -0.25) is 4.79 Å². The summed E-state index contributed by atoms with van der Waals surface area (Å²) in [5.74, 6) is -0.316. The van der Waals surface area contributed by atoms with Gasteiger partial charge in [0.1, 0.15) is 5.75 Å². The quantitative estimate of drug-likeness (QED) is 0.436. The van der Waals surface area contributed by atoms with Gasteiger partial charge in [0.15, 0.2) is 17.3 Å². The summed E-state index contributed by atoms with van der Waals surface area (Å²) < 4.78 is 16.8. The van der Waals surface area contributed by atoms with Gasteiger partial charge in [0, 0.05) is 35.2 Å². The molecule has 1 aliphatic carbocycles. The molecule has 0 saturated carbocycles. The number of ketones is 1. The maximum atomic E-state index is 13.8. The summed E-state index contributed by atoms with van der Waals surface area (Å²) in [5.41, 5.74) is 3.96. The molecule has 0 radical (unpaired) electrons. The molecule has 1 heterocycles. The highest BCUT2D eigenvalue weighted by Gasteiger charge is 2.42. The van der Waals surface area contributed by atoms with Gasteiger partial charge >= 0.3 is 5.97 Å². The number of carbonyl (C=O) groups is 2. The van der Waals surface area contributed by atoms with Crippen LogP contribution in [0.3, 0.4) is 0 Å². The molecule has 0 aromatic heterocycles. The lowest BCUT2D eigenvalue weighted by Crippen LogP contribution is -2.36. The molecule has 2 atom stereocenters. The van der Waals surface area contributed by atoms with Crippen molar-refractivity contribution in [2.75, 3.05) is 20.8 Å². The fourth-order valence-electron chi connectivity index (χ4n) is 5.06. The van der Waals surface area contributed by atoms with Crippen molar-refractivity contribution in [1.29, 1.82) is 0 Å². The molecule has 0 spiro atoms. The summed E-state index contributed by atoms with van der Waals surface area (Å²) in [6.45, 7) is 4.03. The van der Waals surface area contributed by atoms with Gasteiger partial charge in [-0.05, 0) is 65.0 Å². The van der Waals surface area contributed by atoms with Gasteiger partial charge in [0.05, 0.1) is 30.9 Å². The minimum atomic E-state index is -0.664. The van der Waals surface area contributed by atoms with E-state index in [1.807, 2.05) is 38.1 Å². The first-order chi connectivity index (χ1) is 17.3. The van der Waals surface area contributed by atoms with Crippen LogP contribution >= 0.6 is 15.9 Å². The zero-order chi connectivity index (χ0) is 26.0. The van der Waals surface area contributed by atoms with Crippen molar-refractivity contribution in [1.82, 2.24) is 5.32 Å². The molecule has 8 heteroatoms. The Hall–Kier alpha value is -3.26. The number of dihydropyridines is 1. The van der Waals surface area contributed by atoms with Crippen LogP contribution in [0.1, 0.15) is 56.1 Å². The Labute approximate surface area is 219 Å². The normalized spacial score (nSPS) is 19.5. The second kappa shape index (κ2) is 10.8. The zero-order valence-electron chi connectivity index (χ0n) is 20.8. The molecule has 190 valence electrons. The SMILES string of the molecule is CCCOC(=O)C1=C(C)NC2=C(C(=O)C[C@@H](c3ccccc3OC)C2)[C@H]1c1cc(Br)c(O)c(OC)c1. The summed E-state index contributed by atoms with van der Waals surface area (Å²) >= 11 is 3.38. The van der Waals surface area contributed by atoms with E-state index in [-0.39, 0.29) is 36.2 Å². The summed E-state index contributed by atoms with van der Waals surface area (Å²) in [5, 5.41) is 13.7. The number of nitrogens with one attached hydrogen (secondary N) is 1. The molecule has 0 unspecified atom stereocenters. The Morgan fingerprint density at radius 3 is 2.56 bits per heavy atom. The second-order valence-corrected chi connectivity index (χ2v) is 9.80. The van der Waals surface area contributed by atoms with Crippen molar-refractivity contribution < 1.29 is 28.9 Å². The van der Waals surface area contributed by atoms with Crippen molar-refractivity contribution in [2.24, 2.45) is 0 Å². The number of phenols is 1. The van der Waals surface area contributed by atoms with Crippen LogP contribution in [0.4, 0.5) is 0 Å². The fraction of sp³-hybridized carbons (Fsp3) is 0.357. The molecule has 0 bridgehead atoms. The first-order valence-corrected chi connectivity index (χ1v) is 12.7. The number of hydrogen-bond acceptors (Lipinski definition) is 7. The highest BCUT2D eigenvalue weighted by atomic mass is 79.9. The number of benzene rings is 2. The molecular formula is C28H30BrNO6. The van der Waals surface area contributed by atoms with Crippen LogP contribution in [0, 0.1) is 0 Å². The molecule has 0 fully saturated rings. The van der Waals surface area contributed by atoms with Gasteiger partial charge in [0.25, 0.3) is 0 Å². The van der Waals surface area contributed by atoms with E-state index in [0.29, 0.717) is 39.7 Å². The first-order valence-electron chi connectivity index (χ1n) is 11.9. The predicted molar refractivity (Wildman–Crippen MR) is 139 cm³/mol. The monoisotopic (exact) mass is 555 g/mol. The Bertz CT molecular complexity index is 1260. The molecule has 0 saturated heterocycles. The van der Waals surface area contributed by atoms with Crippen molar-refractivity contribution in [3.8, 4) is 17.2 Å². The predicted octanol–water partition coefficient (Wildman–Crippen LogP) is 5.49. The van der Waals surface area contributed by atoms with Crippen molar-refractivity contribution in [3.63, 3.8) is 0 Å². The maximum Gasteiger partial charge on any atom is 0.336 e. The molecule has 0 amide bonds. The van der Waals surface area contributed by atoms with Crippen LogP contribution in [-0.4, -0.2) is 37.7 Å². The van der Waals surface area contributed by atoms with Gasteiger partial charge in [-0.1, -0.05) is 25.1 Å². The van der Waals surface area contributed by atoms with Crippen molar-refractivity contribution >= 4 is 27.7 Å². The first kappa shape index (κ1) is 25.8. The number of para-hydroxylation sites is 1. The summed E-state index contributed by atoms with van der Waals surface area (Å²) in [6, 6.07) is 11.1. The number of Topliss-reactive ketones (excluding diaryl/α,β-unsaturated/α-hetero) is 1. The summed E-state index contributed by atoms with van der Waals surface area (Å²) in [4.78, 5) is 27.0. The molecule has 36 heavy (non-hydrogen) atoms. The van der Waals surface area contributed by atoms with Gasteiger partial charge in [0.2, 0.25) is 0 Å². The van der Waals surface area contributed by atoms with Gasteiger partial charge in [-0.2, -0.15) is 0 Å². The molecule has 2 aliphatic rings. The zero-order valence-corrected chi connectivity index (χ0v) is 22.4. The van der Waals surface area contributed by atoms with Crippen LogP contribution in [0.5, 0.6) is 17.2 Å². The Kier molecular flexibility index (Phi) is 7.73. The van der Waals surface area contributed by atoms with Crippen LogP contribution in [-0.2, 0) is 14.3 Å². The van der Waals surface area contributed by atoms with E-state index >= 15 is 0 Å². The van der Waals surface area contributed by atoms with Crippen LogP contribution in [0.25, 0.3) is 0 Å². The minimum Gasteiger partial charge on any atom is -0.503 e. The molecule has 1 aliphatic heterocycles. The molecule has 2 aromatic carbocycles. The highest BCUT2D eigenvalue weighted by Crippen LogP contribution is 2.49. The number of methoxy groups -OCH3 is 2. The molecule has 2 aromatic rings. The fourth-order valence-corrected chi connectivity index (χ4v) is 5.51. The molecule has 7 nitrogen and oxygen atoms in total. The van der Waals surface area contributed by atoms with E-state index < -0.39 is 11.9 Å². The third-order valence-corrected chi connectivity index (χ3v) is 7.27. The van der Waals surface area contributed by atoms with Gasteiger partial charge < -0.3 is 24.6 Å². The van der Waals surface area contributed by atoms with E-state index in [1.54, 1.807) is 19.2 Å². The van der Waals surface area contributed by atoms with Gasteiger partial charge in [-0.15, -0.1) is 0 Å². The maximum absolute atomic E-state index is 13.8. The number of halogens is 1. The number of phenolic OH excluding ortho intramolecular Hbond substituents is 1. The van der Waals surface area contributed by atoms with Crippen LogP contribution < -0.4 is 14.8 Å². The summed E-state index contributed by atoms with van der Waals surface area (Å²) in [7, 11) is 3.08. The van der Waals surface area contributed by atoms with Crippen molar-refractivity contribution in [2.45, 2.75) is 44.9 Å². The van der Waals surface area contributed by atoms with E-state index in [4.69, 9.17) is 14.2 Å². The number of carbonyl (C=O) groups excluding carboxylic acids is 2. The van der Waals surface area contributed by atoms with Crippen molar-refractivity contribution in [3.05, 3.63) is 74.5 Å². The minimum absolute atomic E-state index is 0.0496. The Morgan fingerprint density at radius 2 is 1.86 bits per heavy atom. The number of ether oxygens (including phenoxy) is 3. The molecule has 2 N–H and O–H groups in total. The Morgan fingerprint density at radius 1 is 1.14 bits per heavy atom. The Balaban J connectivity index is 1.85. The largest absolute Gasteiger partial charge is 0.503 e. The highest BCUT2D eigenvalue weighted by molar-refractivity contribution is 9.10. The van der Waals surface area contributed by atoms with E-state index in [1.165, 1.54) is 7.11 Å². The lowest BCUT2D eigenvalue weighted by molar-refractivity contribution is -0.139. The van der Waals surface area contributed by atoms with E-state index in [0.717, 1.165) is 17.0 Å². The lowest BCUT2D eigenvalue weighted by atomic mass is 9.71. The number of rotatable bonds is 7. The summed E-state index contributed by atoms with van der Waals surface area (Å²) in [6.07, 6.45) is 1.55. The smallest absolute Gasteiger partial charge is 0.336 e. The third-order valence-electron chi connectivity index (χ3n) is 6.67. The number of esters is 1. The van der Waals surface area contributed by atoms with E-state index in [9.17, 15) is 14.7 Å². The average molecular weight is 556 g/mol. The topological polar surface area (TPSA) is 94.1 Å².